The predicted octanol–water partition coefficient (Wildman–Crippen LogP) is 3.80. The molecule has 0 atom stereocenters. The molecule has 0 spiro atoms. The van der Waals surface area contributed by atoms with Gasteiger partial charge in [0.25, 0.3) is 5.91 Å². The second-order valence-corrected chi connectivity index (χ2v) is 5.24. The number of hydrogen-bond acceptors (Lipinski definition) is 4. The molecule has 0 aliphatic heterocycles. The number of carbonyl (C=O) groups excluding carboxylic acids is 1. The lowest BCUT2D eigenvalue weighted by atomic mass is 10.1. The minimum absolute atomic E-state index is 0.159. The van der Waals surface area contributed by atoms with Crippen LogP contribution in [-0.4, -0.2) is 33.2 Å². The number of carbonyl (C=O) groups is 1. The third kappa shape index (κ3) is 3.98. The van der Waals surface area contributed by atoms with Gasteiger partial charge in [0.05, 0.1) is 14.2 Å². The van der Waals surface area contributed by atoms with Gasteiger partial charge >= 0.3 is 0 Å². The maximum absolute atomic E-state index is 12.4. The molecule has 0 aliphatic rings. The van der Waals surface area contributed by atoms with Crippen molar-refractivity contribution in [2.24, 2.45) is 0 Å². The van der Waals surface area contributed by atoms with Crippen molar-refractivity contribution in [2.75, 3.05) is 37.5 Å². The highest BCUT2D eigenvalue weighted by atomic mass is 16.5. The van der Waals surface area contributed by atoms with Crippen LogP contribution in [0.4, 0.5) is 11.4 Å². The largest absolute Gasteiger partial charge is 0.493 e. The molecule has 1 amide bonds. The van der Waals surface area contributed by atoms with E-state index >= 15 is 0 Å². The molecule has 2 aromatic rings. The summed E-state index contributed by atoms with van der Waals surface area (Å²) in [5.41, 5.74) is 2.38. The van der Waals surface area contributed by atoms with Gasteiger partial charge in [-0.1, -0.05) is 0 Å². The maximum Gasteiger partial charge on any atom is 0.255 e. The van der Waals surface area contributed by atoms with E-state index in [0.717, 1.165) is 18.8 Å². The van der Waals surface area contributed by atoms with Crippen molar-refractivity contribution >= 4 is 17.3 Å². The maximum atomic E-state index is 12.4. The number of nitrogens with one attached hydrogen (secondary N) is 1. The number of rotatable bonds is 7. The zero-order chi connectivity index (χ0) is 17.5. The molecule has 2 aromatic carbocycles. The van der Waals surface area contributed by atoms with Gasteiger partial charge in [0.2, 0.25) is 0 Å². The topological polar surface area (TPSA) is 50.8 Å². The molecule has 0 heterocycles. The van der Waals surface area contributed by atoms with Crippen LogP contribution >= 0.6 is 0 Å². The lowest BCUT2D eigenvalue weighted by molar-refractivity contribution is 0.102. The van der Waals surface area contributed by atoms with E-state index in [1.54, 1.807) is 32.4 Å². The molecule has 1 N–H and O–H groups in total. The molecule has 128 valence electrons. The number of benzene rings is 2. The van der Waals surface area contributed by atoms with Gasteiger partial charge in [-0.25, -0.2) is 0 Å². The SMILES string of the molecule is CCN(CC)c1ccc(C(=O)Nc2ccc(OC)c(OC)c2)cc1. The van der Waals surface area contributed by atoms with Crippen molar-refractivity contribution < 1.29 is 14.3 Å². The average Bonchev–Trinajstić information content (AvgIpc) is 2.63. The normalized spacial score (nSPS) is 10.2. The summed E-state index contributed by atoms with van der Waals surface area (Å²) >= 11 is 0. The smallest absolute Gasteiger partial charge is 0.255 e. The first-order valence-electron chi connectivity index (χ1n) is 8.01. The summed E-state index contributed by atoms with van der Waals surface area (Å²) < 4.78 is 10.4. The summed E-state index contributed by atoms with van der Waals surface area (Å²) in [6.45, 7) is 6.10. The number of hydrogen-bond donors (Lipinski definition) is 1. The Bertz CT molecular complexity index is 680. The predicted molar refractivity (Wildman–Crippen MR) is 97.5 cm³/mol. The summed E-state index contributed by atoms with van der Waals surface area (Å²) in [7, 11) is 3.14. The van der Waals surface area contributed by atoms with E-state index in [-0.39, 0.29) is 5.91 Å². The number of nitrogens with zero attached hydrogens (tertiary/aromatic N) is 1. The van der Waals surface area contributed by atoms with Crippen LogP contribution in [0.15, 0.2) is 42.5 Å². The van der Waals surface area contributed by atoms with E-state index in [4.69, 9.17) is 9.47 Å². The molecule has 0 saturated carbocycles. The third-order valence-corrected chi connectivity index (χ3v) is 3.90. The first kappa shape index (κ1) is 17.7. The van der Waals surface area contributed by atoms with Gasteiger partial charge in [-0.15, -0.1) is 0 Å². The molecule has 0 unspecified atom stereocenters. The van der Waals surface area contributed by atoms with Gasteiger partial charge in [0.1, 0.15) is 0 Å². The van der Waals surface area contributed by atoms with Crippen LogP contribution in [0, 0.1) is 0 Å². The standard InChI is InChI=1S/C19H24N2O3/c1-5-21(6-2)16-10-7-14(8-11-16)19(22)20-15-9-12-17(23-3)18(13-15)24-4/h7-13H,5-6H2,1-4H3,(H,20,22). The Morgan fingerprint density at radius 3 is 2.12 bits per heavy atom. The molecule has 0 aliphatic carbocycles. The molecule has 0 fully saturated rings. The molecular weight excluding hydrogens is 304 g/mol. The van der Waals surface area contributed by atoms with Crippen LogP contribution in [0.1, 0.15) is 24.2 Å². The number of anilines is 2. The quantitative estimate of drug-likeness (QED) is 0.840. The van der Waals surface area contributed by atoms with Crippen molar-refractivity contribution in [3.63, 3.8) is 0 Å². The molecule has 2 rings (SSSR count). The fourth-order valence-electron chi connectivity index (χ4n) is 2.53. The summed E-state index contributed by atoms with van der Waals surface area (Å²) in [5, 5.41) is 2.87. The zero-order valence-electron chi connectivity index (χ0n) is 14.6. The Kier molecular flexibility index (Phi) is 6.07. The highest BCUT2D eigenvalue weighted by molar-refractivity contribution is 6.04. The zero-order valence-corrected chi connectivity index (χ0v) is 14.6. The van der Waals surface area contributed by atoms with Gasteiger partial charge in [0, 0.05) is 36.1 Å². The van der Waals surface area contributed by atoms with Crippen molar-refractivity contribution in [3.8, 4) is 11.5 Å². The van der Waals surface area contributed by atoms with Crippen LogP contribution in [0.25, 0.3) is 0 Å². The Hall–Kier alpha value is -2.69. The Labute approximate surface area is 143 Å². The summed E-state index contributed by atoms with van der Waals surface area (Å²) in [4.78, 5) is 14.6. The van der Waals surface area contributed by atoms with Crippen LogP contribution in [0.3, 0.4) is 0 Å². The van der Waals surface area contributed by atoms with Crippen molar-refractivity contribution in [1.82, 2.24) is 0 Å². The number of ether oxygens (including phenoxy) is 2. The Morgan fingerprint density at radius 2 is 1.58 bits per heavy atom. The first-order valence-corrected chi connectivity index (χ1v) is 8.01. The van der Waals surface area contributed by atoms with E-state index in [1.165, 1.54) is 0 Å². The average molecular weight is 328 g/mol. The fourth-order valence-corrected chi connectivity index (χ4v) is 2.53. The molecule has 24 heavy (non-hydrogen) atoms. The monoisotopic (exact) mass is 328 g/mol. The lowest BCUT2D eigenvalue weighted by Crippen LogP contribution is -2.21. The molecular formula is C19H24N2O3. The third-order valence-electron chi connectivity index (χ3n) is 3.90. The van der Waals surface area contributed by atoms with Crippen molar-refractivity contribution in [3.05, 3.63) is 48.0 Å². The van der Waals surface area contributed by atoms with Gasteiger partial charge < -0.3 is 19.7 Å². The Morgan fingerprint density at radius 1 is 0.958 bits per heavy atom. The first-order chi connectivity index (χ1) is 11.6. The molecule has 0 aromatic heterocycles. The van der Waals surface area contributed by atoms with Gasteiger partial charge in [-0.3, -0.25) is 4.79 Å². The van der Waals surface area contributed by atoms with Gasteiger partial charge in [-0.05, 0) is 50.2 Å². The van der Waals surface area contributed by atoms with Crippen LogP contribution < -0.4 is 19.7 Å². The fraction of sp³-hybridized carbons (Fsp3) is 0.316. The molecule has 0 bridgehead atoms. The van der Waals surface area contributed by atoms with Crippen molar-refractivity contribution in [2.45, 2.75) is 13.8 Å². The second kappa shape index (κ2) is 8.24. The highest BCUT2D eigenvalue weighted by Gasteiger charge is 2.10. The van der Waals surface area contributed by atoms with E-state index in [2.05, 4.69) is 24.1 Å². The van der Waals surface area contributed by atoms with Crippen LogP contribution in [0.2, 0.25) is 0 Å². The highest BCUT2D eigenvalue weighted by Crippen LogP contribution is 2.30. The van der Waals surface area contributed by atoms with Crippen molar-refractivity contribution in [1.29, 1.82) is 0 Å². The second-order valence-electron chi connectivity index (χ2n) is 5.24. The number of amides is 1. The van der Waals surface area contributed by atoms with E-state index in [9.17, 15) is 4.79 Å². The molecule has 0 saturated heterocycles. The van der Waals surface area contributed by atoms with Crippen LogP contribution in [0.5, 0.6) is 11.5 Å². The molecule has 5 heteroatoms. The minimum Gasteiger partial charge on any atom is -0.493 e. The van der Waals surface area contributed by atoms with E-state index < -0.39 is 0 Å². The minimum atomic E-state index is -0.159. The summed E-state index contributed by atoms with van der Waals surface area (Å²) in [6.07, 6.45) is 0. The summed E-state index contributed by atoms with van der Waals surface area (Å²) in [5.74, 6) is 1.04. The summed E-state index contributed by atoms with van der Waals surface area (Å²) in [6, 6.07) is 12.9. The van der Waals surface area contributed by atoms with E-state index in [1.807, 2.05) is 24.3 Å². The van der Waals surface area contributed by atoms with Crippen LogP contribution in [-0.2, 0) is 0 Å². The Balaban J connectivity index is 2.12. The van der Waals surface area contributed by atoms with E-state index in [0.29, 0.717) is 22.7 Å². The van der Waals surface area contributed by atoms with Gasteiger partial charge in [0.15, 0.2) is 11.5 Å². The lowest BCUT2D eigenvalue weighted by Gasteiger charge is -2.21. The number of methoxy groups -OCH3 is 2. The van der Waals surface area contributed by atoms with Gasteiger partial charge in [-0.2, -0.15) is 0 Å². The molecule has 0 radical (unpaired) electrons. The molecule has 5 nitrogen and oxygen atoms in total.